The number of rotatable bonds is 10. The Hall–Kier alpha value is -1.12. The van der Waals surface area contributed by atoms with Crippen molar-refractivity contribution in [2.75, 3.05) is 27.4 Å². The first kappa shape index (κ1) is 22.6. The molecule has 0 spiro atoms. The van der Waals surface area contributed by atoms with Crippen LogP contribution in [0.4, 0.5) is 0 Å². The Kier molecular flexibility index (Phi) is 8.38. The molecule has 0 N–H and O–H groups in total. The van der Waals surface area contributed by atoms with Crippen LogP contribution in [0.25, 0.3) is 0 Å². The number of methoxy groups -OCH3 is 2. The van der Waals surface area contributed by atoms with Crippen molar-refractivity contribution in [1.29, 1.82) is 0 Å². The average Bonchev–Trinajstić information content (AvgIpc) is 2.77. The van der Waals surface area contributed by atoms with Gasteiger partial charge in [-0.1, -0.05) is 38.0 Å². The van der Waals surface area contributed by atoms with Gasteiger partial charge in [0.25, 0.3) is 0 Å². The molecule has 0 bridgehead atoms. The minimum Gasteiger partial charge on any atom is -0.497 e. The largest absolute Gasteiger partial charge is 0.497 e. The minimum absolute atomic E-state index is 0.0948. The molecular weight excluding hydrogens is 499 g/mol. The highest BCUT2D eigenvalue weighted by Gasteiger charge is 2.42. The van der Waals surface area contributed by atoms with Crippen LogP contribution in [-0.4, -0.2) is 27.4 Å². The zero-order valence-electron chi connectivity index (χ0n) is 17.3. The summed E-state index contributed by atoms with van der Waals surface area (Å²) in [6.07, 6.45) is 4.53. The summed E-state index contributed by atoms with van der Waals surface area (Å²) >= 11 is 2.17. The van der Waals surface area contributed by atoms with Gasteiger partial charge >= 0.3 is 0 Å². The fourth-order valence-electron chi connectivity index (χ4n) is 4.17. The number of hydrogen-bond acceptors (Lipinski definition) is 5. The SMILES string of the molecule is COc1ccc(C2(C)COc3cc(OC)ccc3C2CCCCCOSI)cc1. The summed E-state index contributed by atoms with van der Waals surface area (Å²) < 4.78 is 22.4. The van der Waals surface area contributed by atoms with Gasteiger partial charge in [0.05, 0.1) is 36.6 Å². The fourth-order valence-corrected chi connectivity index (χ4v) is 4.89. The zero-order valence-corrected chi connectivity index (χ0v) is 20.3. The molecular formula is C23H29IO4S. The molecule has 2 atom stereocenters. The van der Waals surface area contributed by atoms with E-state index in [4.69, 9.17) is 18.4 Å². The van der Waals surface area contributed by atoms with Crippen molar-refractivity contribution in [1.82, 2.24) is 0 Å². The molecule has 1 aliphatic rings. The predicted octanol–water partition coefficient (Wildman–Crippen LogP) is 6.71. The second-order valence-corrected chi connectivity index (χ2v) is 9.07. The molecule has 1 heterocycles. The van der Waals surface area contributed by atoms with E-state index in [9.17, 15) is 0 Å². The summed E-state index contributed by atoms with van der Waals surface area (Å²) in [6, 6.07) is 14.7. The highest BCUT2D eigenvalue weighted by molar-refractivity contribution is 14.2. The number of halogens is 1. The third-order valence-electron chi connectivity index (χ3n) is 5.91. The van der Waals surface area contributed by atoms with E-state index in [0.29, 0.717) is 12.5 Å². The van der Waals surface area contributed by atoms with Crippen LogP contribution in [0, 0.1) is 0 Å². The number of ether oxygens (including phenoxy) is 3. The highest BCUT2D eigenvalue weighted by atomic mass is 127. The normalized spacial score (nSPS) is 20.6. The van der Waals surface area contributed by atoms with Gasteiger partial charge in [-0.15, -0.1) is 0 Å². The first-order valence-corrected chi connectivity index (χ1v) is 13.3. The van der Waals surface area contributed by atoms with Crippen molar-refractivity contribution in [2.24, 2.45) is 0 Å². The van der Waals surface area contributed by atoms with Crippen LogP contribution in [0.15, 0.2) is 42.5 Å². The van der Waals surface area contributed by atoms with Crippen LogP contribution >= 0.6 is 30.4 Å². The molecule has 0 saturated heterocycles. The summed E-state index contributed by atoms with van der Waals surface area (Å²) in [7, 11) is 4.81. The lowest BCUT2D eigenvalue weighted by Crippen LogP contribution is -2.40. The third-order valence-corrected chi connectivity index (χ3v) is 6.93. The van der Waals surface area contributed by atoms with Crippen LogP contribution in [0.2, 0.25) is 0 Å². The Morgan fingerprint density at radius 2 is 1.76 bits per heavy atom. The number of fused-ring (bicyclic) bond motifs is 1. The molecule has 2 aromatic carbocycles. The van der Waals surface area contributed by atoms with Crippen LogP contribution < -0.4 is 14.2 Å². The Morgan fingerprint density at radius 1 is 1.03 bits per heavy atom. The van der Waals surface area contributed by atoms with E-state index in [-0.39, 0.29) is 5.41 Å². The summed E-state index contributed by atoms with van der Waals surface area (Å²) in [4.78, 5) is 0. The predicted molar refractivity (Wildman–Crippen MR) is 128 cm³/mol. The third kappa shape index (κ3) is 5.33. The zero-order chi connectivity index (χ0) is 20.7. The molecule has 29 heavy (non-hydrogen) atoms. The van der Waals surface area contributed by atoms with Crippen molar-refractivity contribution < 1.29 is 18.4 Å². The van der Waals surface area contributed by atoms with Gasteiger partial charge in [-0.05, 0) is 42.2 Å². The molecule has 2 aromatic rings. The first-order valence-electron chi connectivity index (χ1n) is 9.98. The topological polar surface area (TPSA) is 36.9 Å². The van der Waals surface area contributed by atoms with Gasteiger partial charge in [0.1, 0.15) is 17.2 Å². The monoisotopic (exact) mass is 528 g/mol. The Balaban J connectivity index is 1.84. The molecule has 0 radical (unpaired) electrons. The second kappa shape index (κ2) is 10.8. The average molecular weight is 528 g/mol. The molecule has 6 heteroatoms. The van der Waals surface area contributed by atoms with E-state index >= 15 is 0 Å². The van der Waals surface area contributed by atoms with Crippen LogP contribution in [0.1, 0.15) is 49.7 Å². The van der Waals surface area contributed by atoms with Crippen molar-refractivity contribution in [3.05, 3.63) is 53.6 Å². The molecule has 0 aliphatic carbocycles. The minimum atomic E-state index is -0.0948. The molecule has 0 aromatic heterocycles. The maximum Gasteiger partial charge on any atom is 0.126 e. The molecule has 2 unspecified atom stereocenters. The highest BCUT2D eigenvalue weighted by Crippen LogP contribution is 2.49. The van der Waals surface area contributed by atoms with Gasteiger partial charge in [-0.3, -0.25) is 0 Å². The van der Waals surface area contributed by atoms with Gasteiger partial charge in [0, 0.05) is 38.6 Å². The van der Waals surface area contributed by atoms with Crippen molar-refractivity contribution in [2.45, 2.75) is 43.9 Å². The summed E-state index contributed by atoms with van der Waals surface area (Å²) in [5, 5.41) is 0. The Labute approximate surface area is 190 Å². The lowest BCUT2D eigenvalue weighted by atomic mass is 9.66. The quantitative estimate of drug-likeness (QED) is 0.195. The smallest absolute Gasteiger partial charge is 0.126 e. The van der Waals surface area contributed by atoms with Crippen LogP contribution in [0.3, 0.4) is 0 Å². The van der Waals surface area contributed by atoms with E-state index < -0.39 is 0 Å². The molecule has 158 valence electrons. The van der Waals surface area contributed by atoms with Crippen LogP contribution in [0.5, 0.6) is 17.2 Å². The number of hydrogen-bond donors (Lipinski definition) is 0. The van der Waals surface area contributed by atoms with E-state index in [1.165, 1.54) is 26.8 Å². The molecule has 0 saturated carbocycles. The van der Waals surface area contributed by atoms with E-state index in [1.807, 2.05) is 24.3 Å². The Morgan fingerprint density at radius 3 is 2.45 bits per heavy atom. The van der Waals surface area contributed by atoms with Crippen molar-refractivity contribution >= 4 is 30.4 Å². The lowest BCUT2D eigenvalue weighted by Gasteiger charge is -2.43. The number of unbranched alkanes of at least 4 members (excludes halogenated alkanes) is 2. The van der Waals surface area contributed by atoms with Crippen molar-refractivity contribution in [3.63, 3.8) is 0 Å². The van der Waals surface area contributed by atoms with E-state index in [0.717, 1.165) is 43.1 Å². The molecule has 3 rings (SSSR count). The maximum atomic E-state index is 6.25. The summed E-state index contributed by atoms with van der Waals surface area (Å²) in [6.45, 7) is 3.78. The molecule has 4 nitrogen and oxygen atoms in total. The van der Waals surface area contributed by atoms with Gasteiger partial charge in [-0.2, -0.15) is 0 Å². The fraction of sp³-hybridized carbons (Fsp3) is 0.478. The van der Waals surface area contributed by atoms with E-state index in [1.54, 1.807) is 14.2 Å². The standard InChI is InChI=1S/C23H29IO4S/c1-23(17-8-10-18(25-2)11-9-17)16-27-22-15-19(26-3)12-13-20(22)21(23)7-5-4-6-14-28-29-24/h8-13,15,21H,4-7,14,16H2,1-3H3. The van der Waals surface area contributed by atoms with Gasteiger partial charge in [-0.25, -0.2) is 0 Å². The summed E-state index contributed by atoms with van der Waals surface area (Å²) in [5.74, 6) is 3.04. The maximum absolute atomic E-state index is 6.25. The van der Waals surface area contributed by atoms with Gasteiger partial charge in [0.2, 0.25) is 0 Å². The first-order chi connectivity index (χ1) is 14.1. The number of benzene rings is 2. The van der Waals surface area contributed by atoms with Gasteiger partial charge < -0.3 is 18.4 Å². The molecule has 1 aliphatic heterocycles. The summed E-state index contributed by atoms with van der Waals surface area (Å²) in [5.41, 5.74) is 2.46. The molecule has 0 fully saturated rings. The molecule has 0 amide bonds. The second-order valence-electron chi connectivity index (χ2n) is 7.63. The van der Waals surface area contributed by atoms with Crippen LogP contribution in [-0.2, 0) is 9.60 Å². The van der Waals surface area contributed by atoms with Crippen molar-refractivity contribution in [3.8, 4) is 17.2 Å². The van der Waals surface area contributed by atoms with E-state index in [2.05, 4.69) is 46.3 Å². The Bertz CT molecular complexity index is 783. The van der Waals surface area contributed by atoms with Gasteiger partial charge in [0.15, 0.2) is 0 Å². The lowest BCUT2D eigenvalue weighted by molar-refractivity contribution is 0.161.